The summed E-state index contributed by atoms with van der Waals surface area (Å²) in [7, 11) is 0. The molecule has 70 heavy (non-hydrogen) atoms. The SMILES string of the molecule is CCC1(c2ccc3c(c2)c2cc(C45CC6CC(CC(C6)C4)C5)cc4c2n3B2c3cc5ccccc5cc3N(c3cc5c(cc3C)C(C)(C)CCC5(C)C)c3c2c-4cc2ccccc32)CC2CCC(C2)C1. The third-order valence-corrected chi connectivity index (χ3v) is 21.8. The van der Waals surface area contributed by atoms with E-state index in [1.54, 1.807) is 11.1 Å². The zero-order valence-electron chi connectivity index (χ0n) is 42.7. The van der Waals surface area contributed by atoms with Crippen LogP contribution in [-0.2, 0) is 21.7 Å². The van der Waals surface area contributed by atoms with Gasteiger partial charge in [0.1, 0.15) is 0 Å². The molecule has 17 rings (SSSR count). The Morgan fingerprint density at radius 2 is 1.19 bits per heavy atom. The van der Waals surface area contributed by atoms with Gasteiger partial charge in [0.15, 0.2) is 0 Å². The first-order valence-corrected chi connectivity index (χ1v) is 28.0. The maximum absolute atomic E-state index is 2.90. The lowest BCUT2D eigenvalue weighted by Crippen LogP contribution is -2.57. The molecular formula is C67H69BN2. The molecule has 0 N–H and O–H groups in total. The normalized spacial score (nSPS) is 29.3. The Labute approximate surface area is 416 Å². The molecule has 2 unspecified atom stereocenters. The van der Waals surface area contributed by atoms with Crippen LogP contribution in [0.3, 0.4) is 0 Å². The van der Waals surface area contributed by atoms with Crippen LogP contribution in [0.15, 0.2) is 109 Å². The molecule has 6 fully saturated rings. The van der Waals surface area contributed by atoms with Crippen LogP contribution in [0.1, 0.15) is 152 Å². The van der Waals surface area contributed by atoms with Crippen LogP contribution >= 0.6 is 0 Å². The molecule has 3 heterocycles. The third-order valence-electron chi connectivity index (χ3n) is 21.8. The van der Waals surface area contributed by atoms with Gasteiger partial charge in [-0.3, -0.25) is 0 Å². The van der Waals surface area contributed by atoms with Crippen LogP contribution in [0.25, 0.3) is 54.5 Å². The summed E-state index contributed by atoms with van der Waals surface area (Å²) in [5.41, 5.74) is 21.3. The van der Waals surface area contributed by atoms with Gasteiger partial charge in [-0.15, -0.1) is 0 Å². The van der Waals surface area contributed by atoms with Gasteiger partial charge in [-0.25, -0.2) is 0 Å². The van der Waals surface area contributed by atoms with Gasteiger partial charge in [-0.05, 0) is 238 Å². The van der Waals surface area contributed by atoms with Gasteiger partial charge in [0, 0.05) is 44.1 Å². The smallest absolute Gasteiger partial charge is 0.333 e. The zero-order valence-corrected chi connectivity index (χ0v) is 42.7. The lowest BCUT2D eigenvalue weighted by molar-refractivity contribution is -0.00511. The van der Waals surface area contributed by atoms with Crippen molar-refractivity contribution in [3.05, 3.63) is 137 Å². The summed E-state index contributed by atoms with van der Waals surface area (Å²) in [6.45, 7) is 14.9. The van der Waals surface area contributed by atoms with E-state index >= 15 is 0 Å². The van der Waals surface area contributed by atoms with Crippen molar-refractivity contribution in [1.29, 1.82) is 0 Å². The molecule has 7 aliphatic carbocycles. The Morgan fingerprint density at radius 3 is 1.89 bits per heavy atom. The molecule has 9 aliphatic rings. The highest BCUT2D eigenvalue weighted by Crippen LogP contribution is 2.62. The Morgan fingerprint density at radius 1 is 0.557 bits per heavy atom. The van der Waals surface area contributed by atoms with E-state index in [4.69, 9.17) is 0 Å². The van der Waals surface area contributed by atoms with Crippen LogP contribution in [0, 0.1) is 36.5 Å². The molecule has 0 saturated heterocycles. The van der Waals surface area contributed by atoms with Crippen molar-refractivity contribution >= 4 is 78.2 Å². The van der Waals surface area contributed by atoms with Crippen molar-refractivity contribution in [2.24, 2.45) is 29.6 Å². The van der Waals surface area contributed by atoms with Crippen LogP contribution in [0.4, 0.5) is 17.1 Å². The summed E-state index contributed by atoms with van der Waals surface area (Å²) in [6, 6.07) is 45.3. The van der Waals surface area contributed by atoms with Gasteiger partial charge in [-0.2, -0.15) is 0 Å². The molecule has 2 nitrogen and oxygen atoms in total. The maximum Gasteiger partial charge on any atom is 0.333 e. The second-order valence-corrected chi connectivity index (χ2v) is 26.7. The zero-order chi connectivity index (χ0) is 46.8. The molecule has 2 atom stereocenters. The van der Waals surface area contributed by atoms with Gasteiger partial charge in [0.05, 0.1) is 5.69 Å². The predicted molar refractivity (Wildman–Crippen MR) is 297 cm³/mol. The van der Waals surface area contributed by atoms with Crippen molar-refractivity contribution in [2.45, 2.75) is 153 Å². The first-order valence-electron chi connectivity index (χ1n) is 28.0. The average Bonchev–Trinajstić information content (AvgIpc) is 3.88. The lowest BCUT2D eigenvalue weighted by atomic mass is 9.44. The Hall–Kier alpha value is -5.28. The number of anilines is 3. The minimum Gasteiger partial charge on any atom is -0.375 e. The number of nitrogens with zero attached hydrogens (tertiary/aromatic N) is 2. The molecule has 0 spiro atoms. The number of benzene rings is 7. The maximum atomic E-state index is 2.90. The van der Waals surface area contributed by atoms with Crippen molar-refractivity contribution in [3.63, 3.8) is 0 Å². The van der Waals surface area contributed by atoms with E-state index in [1.807, 2.05) is 0 Å². The number of rotatable bonds is 4. The van der Waals surface area contributed by atoms with Crippen molar-refractivity contribution < 1.29 is 0 Å². The number of hydrogen-bond donors (Lipinski definition) is 0. The quantitative estimate of drug-likeness (QED) is 0.160. The molecule has 0 amide bonds. The summed E-state index contributed by atoms with van der Waals surface area (Å²) in [5.74, 6) is 4.46. The number of aryl methyl sites for hydroxylation is 1. The Kier molecular flexibility index (Phi) is 8.16. The topological polar surface area (TPSA) is 8.17 Å². The van der Waals surface area contributed by atoms with Gasteiger partial charge >= 0.3 is 6.85 Å². The second kappa shape index (κ2) is 13.8. The fourth-order valence-electron chi connectivity index (χ4n) is 18.7. The van der Waals surface area contributed by atoms with E-state index in [2.05, 4.69) is 160 Å². The molecule has 0 radical (unpaired) electrons. The minimum absolute atomic E-state index is 0.0215. The molecule has 1 aromatic heterocycles. The molecule has 6 bridgehead atoms. The van der Waals surface area contributed by atoms with Crippen molar-refractivity contribution in [2.75, 3.05) is 4.90 Å². The van der Waals surface area contributed by atoms with Gasteiger partial charge in [0.2, 0.25) is 0 Å². The highest BCUT2D eigenvalue weighted by molar-refractivity contribution is 6.90. The van der Waals surface area contributed by atoms with Crippen LogP contribution in [-0.4, -0.2) is 11.3 Å². The largest absolute Gasteiger partial charge is 0.375 e. The van der Waals surface area contributed by atoms with Crippen molar-refractivity contribution in [3.8, 4) is 11.1 Å². The van der Waals surface area contributed by atoms with Gasteiger partial charge in [0.25, 0.3) is 0 Å². The van der Waals surface area contributed by atoms with Crippen LogP contribution in [0.2, 0.25) is 0 Å². The van der Waals surface area contributed by atoms with E-state index in [1.165, 1.54) is 189 Å². The Bertz CT molecular complexity index is 3570. The fourth-order valence-corrected chi connectivity index (χ4v) is 18.7. The van der Waals surface area contributed by atoms with Gasteiger partial charge < -0.3 is 9.38 Å². The third kappa shape index (κ3) is 5.43. The molecule has 7 aromatic carbocycles. The predicted octanol–water partition coefficient (Wildman–Crippen LogP) is 16.5. The van der Waals surface area contributed by atoms with Gasteiger partial charge in [-0.1, -0.05) is 114 Å². The summed E-state index contributed by atoms with van der Waals surface area (Å²) < 4.78 is 2.90. The van der Waals surface area contributed by atoms with Crippen LogP contribution in [0.5, 0.6) is 0 Å². The summed E-state index contributed by atoms with van der Waals surface area (Å²) >= 11 is 0. The van der Waals surface area contributed by atoms with E-state index in [-0.39, 0.29) is 28.5 Å². The average molecular weight is 913 g/mol. The van der Waals surface area contributed by atoms with E-state index in [0.717, 1.165) is 29.6 Å². The molecule has 350 valence electrons. The second-order valence-electron chi connectivity index (χ2n) is 26.7. The lowest BCUT2D eigenvalue weighted by Gasteiger charge is -2.57. The molecule has 3 heteroatoms. The number of aromatic nitrogens is 1. The first kappa shape index (κ1) is 41.4. The van der Waals surface area contributed by atoms with E-state index in [9.17, 15) is 0 Å². The number of fused-ring (bicyclic) bond motifs is 13. The highest BCUT2D eigenvalue weighted by Gasteiger charge is 2.53. The molecular weight excluding hydrogens is 844 g/mol. The molecule has 2 aliphatic heterocycles. The Balaban J connectivity index is 1.04. The molecule has 6 saturated carbocycles. The van der Waals surface area contributed by atoms with E-state index < -0.39 is 0 Å². The molecule has 8 aromatic rings. The van der Waals surface area contributed by atoms with E-state index in [0.29, 0.717) is 0 Å². The summed E-state index contributed by atoms with van der Waals surface area (Å²) in [5, 5.41) is 8.36. The minimum atomic E-state index is 0.0215. The fraction of sp³-hybridized carbons (Fsp3) is 0.433. The van der Waals surface area contributed by atoms with Crippen LogP contribution < -0.4 is 15.8 Å². The summed E-state index contributed by atoms with van der Waals surface area (Å²) in [6.07, 6.45) is 19.3. The highest BCUT2D eigenvalue weighted by atomic mass is 15.2. The monoisotopic (exact) mass is 913 g/mol. The number of hydrogen-bond acceptors (Lipinski definition) is 1. The standard InChI is InChI=1S/C67H69BN2/c1-7-66(34-40-16-17-41(23-40)35-66)48-18-19-58-51(30-48)53-31-49(67-36-42-24-43(37-67)26-44(25-42)38-67)32-54-52-27-47-14-10-11-15-50(47)63-61(52)68(70(58)62(53)54)57-28-45-12-8-9-13-46(45)29-60(57)69(63)59-33-56-55(22-39(59)2)64(3,4)20-21-65(56,5)6/h8-15,18-19,22,27-33,40-44H,7,16-17,20-21,23-26,34-38H2,1-6H3. The summed E-state index contributed by atoms with van der Waals surface area (Å²) in [4.78, 5) is 2.78. The first-order chi connectivity index (χ1) is 33.9. The van der Waals surface area contributed by atoms with Crippen molar-refractivity contribution in [1.82, 2.24) is 4.48 Å².